The van der Waals surface area contributed by atoms with Crippen LogP contribution in [0, 0.1) is 5.92 Å². The third-order valence-electron chi connectivity index (χ3n) is 6.01. The molecule has 0 spiro atoms. The predicted molar refractivity (Wildman–Crippen MR) is 112 cm³/mol. The Morgan fingerprint density at radius 2 is 2.03 bits per heavy atom. The number of carbonyl (C=O) groups is 3. The maximum Gasteiger partial charge on any atom is 0.326 e. The molecule has 2 aliphatic rings. The molecule has 0 radical (unpaired) electrons. The highest BCUT2D eigenvalue weighted by Crippen LogP contribution is 2.41. The van der Waals surface area contributed by atoms with E-state index in [2.05, 4.69) is 5.32 Å². The van der Waals surface area contributed by atoms with Gasteiger partial charge in [0.05, 0.1) is 19.5 Å². The van der Waals surface area contributed by atoms with E-state index in [4.69, 9.17) is 11.6 Å². The third-order valence-corrected chi connectivity index (χ3v) is 6.01. The van der Waals surface area contributed by atoms with E-state index >= 15 is 0 Å². The monoisotopic (exact) mass is 421 g/mol. The molecule has 1 aromatic carbocycles. The lowest BCUT2D eigenvalue weighted by molar-refractivity contribution is -0.151. The van der Waals surface area contributed by atoms with Crippen LogP contribution in [0.2, 0.25) is 0 Å². The highest BCUT2D eigenvalue weighted by atomic mass is 16.5. The first kappa shape index (κ1) is 16.3. The summed E-state index contributed by atoms with van der Waals surface area (Å²) < 4.78 is 44.7. The minimum atomic E-state index is -1.04. The molecule has 1 saturated heterocycles. The minimum absolute atomic E-state index is 0.0146. The van der Waals surface area contributed by atoms with Crippen molar-refractivity contribution in [2.45, 2.75) is 76.5 Å². The van der Waals surface area contributed by atoms with Crippen LogP contribution in [-0.2, 0) is 25.5 Å². The molecule has 1 aliphatic carbocycles. The van der Waals surface area contributed by atoms with Crippen LogP contribution in [0.1, 0.15) is 58.4 Å². The second-order valence-corrected chi connectivity index (χ2v) is 7.93. The van der Waals surface area contributed by atoms with Gasteiger partial charge in [0.2, 0.25) is 5.91 Å². The molecular weight excluding hydrogens is 384 g/mol. The Bertz CT molecular complexity index is 978. The quantitative estimate of drug-likeness (QED) is 0.595. The van der Waals surface area contributed by atoms with Gasteiger partial charge in [-0.05, 0) is 57.4 Å². The van der Waals surface area contributed by atoms with Crippen molar-refractivity contribution in [2.75, 3.05) is 6.61 Å². The summed E-state index contributed by atoms with van der Waals surface area (Å²) in [5.41, 5.74) is 0.0744. The largest absolute Gasteiger partial charge is 0.480 e. The topological polar surface area (TPSA) is 95.9 Å². The van der Waals surface area contributed by atoms with Crippen molar-refractivity contribution in [2.24, 2.45) is 5.92 Å². The van der Waals surface area contributed by atoms with Gasteiger partial charge in [-0.15, -0.1) is 0 Å². The molecule has 30 heavy (non-hydrogen) atoms. The summed E-state index contributed by atoms with van der Waals surface area (Å²) >= 11 is 0. The third kappa shape index (κ3) is 5.01. The zero-order chi connectivity index (χ0) is 26.0. The molecule has 1 heterocycles. The molecule has 5 atom stereocenters. The van der Waals surface area contributed by atoms with Crippen molar-refractivity contribution in [1.82, 2.24) is 10.2 Å². The first-order valence-corrected chi connectivity index (χ1v) is 10.5. The Labute approximate surface area is 184 Å². The van der Waals surface area contributed by atoms with E-state index in [1.54, 1.807) is 13.8 Å². The van der Waals surface area contributed by atoms with E-state index in [0.717, 1.165) is 19.3 Å². The van der Waals surface area contributed by atoms with Crippen LogP contribution >= 0.6 is 0 Å². The molecule has 1 aliphatic heterocycles. The molecule has 3 rings (SSSR count). The number of nitrogens with zero attached hydrogens (tertiary/aromatic N) is 1. The number of rotatable bonds is 9. The van der Waals surface area contributed by atoms with Crippen LogP contribution < -0.4 is 5.32 Å². The predicted octanol–water partition coefficient (Wildman–Crippen LogP) is 2.38. The van der Waals surface area contributed by atoms with Gasteiger partial charge in [0.1, 0.15) is 12.1 Å². The van der Waals surface area contributed by atoms with Gasteiger partial charge >= 0.3 is 11.9 Å². The van der Waals surface area contributed by atoms with Gasteiger partial charge < -0.3 is 14.7 Å². The highest BCUT2D eigenvalue weighted by Gasteiger charge is 2.49. The van der Waals surface area contributed by atoms with Gasteiger partial charge in [-0.1, -0.05) is 36.6 Å². The minimum Gasteiger partial charge on any atom is -0.480 e. The SMILES string of the molecule is [2H]c1c([2H])c([2H])c(CCC(NC(C)C(=O)N2C(C(=O)O)CC3CCCC32)C(=O)OCC)c([2H])c1[2H]. The van der Waals surface area contributed by atoms with Gasteiger partial charge in [-0.25, -0.2) is 4.79 Å². The van der Waals surface area contributed by atoms with Crippen LogP contribution in [0.4, 0.5) is 0 Å². The Morgan fingerprint density at radius 1 is 1.30 bits per heavy atom. The van der Waals surface area contributed by atoms with Crippen LogP contribution in [0.25, 0.3) is 0 Å². The lowest BCUT2D eigenvalue weighted by Gasteiger charge is -2.31. The fourth-order valence-electron chi connectivity index (χ4n) is 4.63. The van der Waals surface area contributed by atoms with Crippen LogP contribution in [0.5, 0.6) is 0 Å². The van der Waals surface area contributed by atoms with E-state index in [-0.39, 0.29) is 49.1 Å². The molecule has 1 saturated carbocycles. The molecule has 5 unspecified atom stereocenters. The fourth-order valence-corrected chi connectivity index (χ4v) is 4.63. The molecule has 2 fully saturated rings. The van der Waals surface area contributed by atoms with Gasteiger partial charge in [-0.2, -0.15) is 0 Å². The molecule has 1 amide bonds. The van der Waals surface area contributed by atoms with Gasteiger partial charge in [0, 0.05) is 6.04 Å². The number of hydrogen-bond donors (Lipinski definition) is 2. The van der Waals surface area contributed by atoms with E-state index < -0.39 is 54.1 Å². The van der Waals surface area contributed by atoms with Crippen LogP contribution in [-0.4, -0.2) is 58.6 Å². The maximum absolute atomic E-state index is 13.3. The summed E-state index contributed by atoms with van der Waals surface area (Å²) in [6.45, 7) is 3.31. The number of aliphatic carboxylic acids is 1. The van der Waals surface area contributed by atoms with Crippen LogP contribution in [0.3, 0.4) is 0 Å². The molecule has 0 aromatic heterocycles. The molecule has 7 heteroatoms. The van der Waals surface area contributed by atoms with Crippen molar-refractivity contribution in [3.8, 4) is 0 Å². The summed E-state index contributed by atoms with van der Waals surface area (Å²) in [6.07, 6.45) is 3.03. The van der Waals surface area contributed by atoms with Crippen LogP contribution in [0.15, 0.2) is 30.2 Å². The smallest absolute Gasteiger partial charge is 0.326 e. The number of benzene rings is 1. The number of hydrogen-bond acceptors (Lipinski definition) is 5. The lowest BCUT2D eigenvalue weighted by Crippen LogP contribution is -2.55. The Morgan fingerprint density at radius 3 is 2.70 bits per heavy atom. The van der Waals surface area contributed by atoms with Crippen molar-refractivity contribution in [3.05, 3.63) is 35.8 Å². The number of esters is 1. The number of fused-ring (bicyclic) bond motifs is 1. The van der Waals surface area contributed by atoms with Crippen molar-refractivity contribution >= 4 is 17.8 Å². The average molecular weight is 422 g/mol. The average Bonchev–Trinajstić information content (AvgIpc) is 3.41. The molecular formula is C23H32N2O5. The summed E-state index contributed by atoms with van der Waals surface area (Å²) in [5, 5.41) is 12.6. The standard InChI is InChI=1S/C23H32N2O5/c1-3-30-23(29)18(13-12-16-8-5-4-6-9-16)24-15(2)21(26)25-19-11-7-10-17(19)14-20(25)22(27)28/h4-6,8-9,15,17-20,24H,3,7,10-14H2,1-2H3,(H,27,28)/i4D,5D,6D,8D,9D. The van der Waals surface area contributed by atoms with E-state index in [9.17, 15) is 19.5 Å². The van der Waals surface area contributed by atoms with Gasteiger partial charge in [0.15, 0.2) is 0 Å². The molecule has 7 nitrogen and oxygen atoms in total. The number of carboxylic acids is 1. The second kappa shape index (κ2) is 10.1. The number of ether oxygens (including phenoxy) is 1. The van der Waals surface area contributed by atoms with Crippen molar-refractivity contribution in [1.29, 1.82) is 0 Å². The van der Waals surface area contributed by atoms with E-state index in [1.165, 1.54) is 4.90 Å². The number of carboxylic acid groups (broad SMARTS) is 1. The first-order chi connectivity index (χ1) is 16.5. The van der Waals surface area contributed by atoms with Crippen molar-refractivity contribution in [3.63, 3.8) is 0 Å². The molecule has 2 N–H and O–H groups in total. The zero-order valence-electron chi connectivity index (χ0n) is 22.4. The van der Waals surface area contributed by atoms with Gasteiger partial charge in [0.25, 0.3) is 0 Å². The number of carbonyl (C=O) groups excluding carboxylic acids is 2. The van der Waals surface area contributed by atoms with Crippen molar-refractivity contribution < 1.29 is 31.1 Å². The number of nitrogens with one attached hydrogen (secondary N) is 1. The fraction of sp³-hybridized carbons (Fsp3) is 0.609. The summed E-state index contributed by atoms with van der Waals surface area (Å²) in [4.78, 5) is 39.3. The van der Waals surface area contributed by atoms with E-state index in [0.29, 0.717) is 6.42 Å². The summed E-state index contributed by atoms with van der Waals surface area (Å²) in [7, 11) is 0. The molecule has 1 aromatic rings. The van der Waals surface area contributed by atoms with E-state index in [1.807, 2.05) is 0 Å². The Balaban J connectivity index is 1.78. The summed E-state index contributed by atoms with van der Waals surface area (Å²) in [6, 6.07) is -4.97. The Hall–Kier alpha value is -2.41. The second-order valence-electron chi connectivity index (χ2n) is 7.93. The normalized spacial score (nSPS) is 27.2. The lowest BCUT2D eigenvalue weighted by atomic mass is 10.0. The molecule has 164 valence electrons. The summed E-state index contributed by atoms with van der Waals surface area (Å²) in [5.74, 6) is -1.90. The number of amides is 1. The Kier molecular flexibility index (Phi) is 5.47. The van der Waals surface area contributed by atoms with Gasteiger partial charge in [-0.3, -0.25) is 14.9 Å². The zero-order valence-corrected chi connectivity index (χ0v) is 17.4. The maximum atomic E-state index is 13.3. The first-order valence-electron chi connectivity index (χ1n) is 13.0. The number of likely N-dealkylation sites (tertiary alicyclic amines) is 1. The molecule has 0 bridgehead atoms. The highest BCUT2D eigenvalue weighted by molar-refractivity contribution is 5.88.